The van der Waals surface area contributed by atoms with Crippen LogP contribution in [-0.2, 0) is 6.42 Å². The maximum absolute atomic E-state index is 5.64. The number of aryl methyl sites for hydroxylation is 2. The highest BCUT2D eigenvalue weighted by Gasteiger charge is 2.19. The summed E-state index contributed by atoms with van der Waals surface area (Å²) in [5.74, 6) is 2.52. The minimum absolute atomic E-state index is 0.561. The van der Waals surface area contributed by atoms with Gasteiger partial charge in [-0.1, -0.05) is 6.92 Å². The standard InChI is InChI=1S/C16H22N6/c1-3-15-19-12(2)10-16(20-15)22-8-6-21(7-9-22)13-4-5-14(17)18-11-13/h4-5,10-11H,3,6-9H2,1-2H3,(H2,17,18). The average molecular weight is 298 g/mol. The Morgan fingerprint density at radius 3 is 2.45 bits per heavy atom. The van der Waals surface area contributed by atoms with E-state index < -0.39 is 0 Å². The maximum atomic E-state index is 5.64. The van der Waals surface area contributed by atoms with Crippen LogP contribution in [0.5, 0.6) is 0 Å². The van der Waals surface area contributed by atoms with E-state index >= 15 is 0 Å². The lowest BCUT2D eigenvalue weighted by atomic mass is 10.2. The highest BCUT2D eigenvalue weighted by Crippen LogP contribution is 2.19. The van der Waals surface area contributed by atoms with Crippen LogP contribution in [-0.4, -0.2) is 41.1 Å². The van der Waals surface area contributed by atoms with E-state index in [9.17, 15) is 0 Å². The first-order valence-electron chi connectivity index (χ1n) is 7.71. The fraction of sp³-hybridized carbons (Fsp3) is 0.438. The molecule has 3 heterocycles. The minimum Gasteiger partial charge on any atom is -0.384 e. The molecule has 1 saturated heterocycles. The summed E-state index contributed by atoms with van der Waals surface area (Å²) in [5, 5.41) is 0. The lowest BCUT2D eigenvalue weighted by molar-refractivity contribution is 0.643. The van der Waals surface area contributed by atoms with E-state index in [4.69, 9.17) is 5.73 Å². The van der Waals surface area contributed by atoms with Crippen molar-refractivity contribution in [3.8, 4) is 0 Å². The Labute approximate surface area is 131 Å². The summed E-state index contributed by atoms with van der Waals surface area (Å²) in [4.78, 5) is 17.9. The summed E-state index contributed by atoms with van der Waals surface area (Å²) in [5.41, 5.74) is 7.80. The molecule has 2 N–H and O–H groups in total. The van der Waals surface area contributed by atoms with E-state index in [2.05, 4.69) is 37.7 Å². The van der Waals surface area contributed by atoms with Gasteiger partial charge in [0.25, 0.3) is 0 Å². The zero-order valence-corrected chi connectivity index (χ0v) is 13.2. The van der Waals surface area contributed by atoms with Crippen molar-refractivity contribution in [1.82, 2.24) is 15.0 Å². The van der Waals surface area contributed by atoms with Crippen LogP contribution in [0.15, 0.2) is 24.4 Å². The van der Waals surface area contributed by atoms with Crippen LogP contribution in [0.25, 0.3) is 0 Å². The van der Waals surface area contributed by atoms with Crippen LogP contribution in [0.2, 0.25) is 0 Å². The second-order valence-corrected chi connectivity index (χ2v) is 5.55. The summed E-state index contributed by atoms with van der Waals surface area (Å²) in [6.07, 6.45) is 2.71. The summed E-state index contributed by atoms with van der Waals surface area (Å²) < 4.78 is 0. The third-order valence-corrected chi connectivity index (χ3v) is 3.94. The fourth-order valence-electron chi connectivity index (χ4n) is 2.71. The number of nitrogens with zero attached hydrogens (tertiary/aromatic N) is 5. The first-order chi connectivity index (χ1) is 10.7. The Hall–Kier alpha value is -2.37. The van der Waals surface area contributed by atoms with Crippen LogP contribution in [0, 0.1) is 6.92 Å². The van der Waals surface area contributed by atoms with Crippen LogP contribution in [0.1, 0.15) is 18.4 Å². The predicted molar refractivity (Wildman–Crippen MR) is 89.2 cm³/mol. The molecular weight excluding hydrogens is 276 g/mol. The number of hydrogen-bond donors (Lipinski definition) is 1. The Bertz CT molecular complexity index is 632. The molecule has 0 atom stereocenters. The first kappa shape index (κ1) is 14.6. The van der Waals surface area contributed by atoms with Gasteiger partial charge in [-0.05, 0) is 19.1 Å². The highest BCUT2D eigenvalue weighted by atomic mass is 15.3. The number of rotatable bonds is 3. The molecule has 3 rings (SSSR count). The van der Waals surface area contributed by atoms with Gasteiger partial charge < -0.3 is 15.5 Å². The summed E-state index contributed by atoms with van der Waals surface area (Å²) in [6, 6.07) is 5.95. The van der Waals surface area contributed by atoms with Crippen molar-refractivity contribution >= 4 is 17.3 Å². The molecule has 6 heteroatoms. The van der Waals surface area contributed by atoms with Gasteiger partial charge in [0.2, 0.25) is 0 Å². The zero-order valence-electron chi connectivity index (χ0n) is 13.2. The van der Waals surface area contributed by atoms with Crippen LogP contribution >= 0.6 is 0 Å². The molecule has 1 aliphatic heterocycles. The van der Waals surface area contributed by atoms with Crippen LogP contribution in [0.3, 0.4) is 0 Å². The number of nitrogens with two attached hydrogens (primary N) is 1. The van der Waals surface area contributed by atoms with E-state index in [1.165, 1.54) is 0 Å². The van der Waals surface area contributed by atoms with Gasteiger partial charge in [0, 0.05) is 44.4 Å². The smallest absolute Gasteiger partial charge is 0.132 e. The van der Waals surface area contributed by atoms with E-state index in [0.717, 1.165) is 55.6 Å². The van der Waals surface area contributed by atoms with Crippen LogP contribution in [0.4, 0.5) is 17.3 Å². The minimum atomic E-state index is 0.561. The van der Waals surface area contributed by atoms with E-state index in [1.54, 1.807) is 0 Å². The molecule has 6 nitrogen and oxygen atoms in total. The van der Waals surface area contributed by atoms with E-state index in [0.29, 0.717) is 5.82 Å². The molecule has 0 amide bonds. The van der Waals surface area contributed by atoms with Gasteiger partial charge >= 0.3 is 0 Å². The molecule has 1 fully saturated rings. The zero-order chi connectivity index (χ0) is 15.5. The van der Waals surface area contributed by atoms with Gasteiger partial charge in [0.15, 0.2) is 0 Å². The van der Waals surface area contributed by atoms with E-state index in [1.807, 2.05) is 25.3 Å². The van der Waals surface area contributed by atoms with Gasteiger partial charge in [-0.2, -0.15) is 0 Å². The average Bonchev–Trinajstić information content (AvgIpc) is 2.55. The Morgan fingerprint density at radius 1 is 1.09 bits per heavy atom. The molecular formula is C16H22N6. The maximum Gasteiger partial charge on any atom is 0.132 e. The van der Waals surface area contributed by atoms with Gasteiger partial charge in [0.05, 0.1) is 11.9 Å². The third kappa shape index (κ3) is 3.10. The molecule has 2 aromatic rings. The second-order valence-electron chi connectivity index (χ2n) is 5.55. The molecule has 1 aliphatic rings. The second kappa shape index (κ2) is 6.17. The van der Waals surface area contributed by atoms with Crippen molar-refractivity contribution in [3.63, 3.8) is 0 Å². The molecule has 0 aromatic carbocycles. The molecule has 0 radical (unpaired) electrons. The van der Waals surface area contributed by atoms with Gasteiger partial charge in [-0.25, -0.2) is 15.0 Å². The largest absolute Gasteiger partial charge is 0.384 e. The Balaban J connectivity index is 1.69. The molecule has 22 heavy (non-hydrogen) atoms. The van der Waals surface area contributed by atoms with Crippen molar-refractivity contribution in [3.05, 3.63) is 35.9 Å². The lowest BCUT2D eigenvalue weighted by Crippen LogP contribution is -2.47. The summed E-state index contributed by atoms with van der Waals surface area (Å²) in [7, 11) is 0. The fourth-order valence-corrected chi connectivity index (χ4v) is 2.71. The normalized spacial score (nSPS) is 15.2. The molecule has 0 aliphatic carbocycles. The molecule has 0 spiro atoms. The predicted octanol–water partition coefficient (Wildman–Crippen LogP) is 1.65. The summed E-state index contributed by atoms with van der Waals surface area (Å²) >= 11 is 0. The SMILES string of the molecule is CCc1nc(C)cc(N2CCN(c3ccc(N)nc3)CC2)n1. The van der Waals surface area contributed by atoms with Gasteiger partial charge in [-0.15, -0.1) is 0 Å². The molecule has 0 saturated carbocycles. The topological polar surface area (TPSA) is 71.2 Å². The molecule has 116 valence electrons. The van der Waals surface area contributed by atoms with Crippen molar-refractivity contribution in [2.75, 3.05) is 41.7 Å². The number of nitrogen functional groups attached to an aromatic ring is 1. The number of aromatic nitrogens is 3. The van der Waals surface area contributed by atoms with Gasteiger partial charge in [-0.3, -0.25) is 0 Å². The number of pyridine rings is 1. The number of anilines is 3. The monoisotopic (exact) mass is 298 g/mol. The Kier molecular flexibility index (Phi) is 4.09. The van der Waals surface area contributed by atoms with Crippen molar-refractivity contribution in [1.29, 1.82) is 0 Å². The van der Waals surface area contributed by atoms with E-state index in [-0.39, 0.29) is 0 Å². The number of hydrogen-bond acceptors (Lipinski definition) is 6. The molecule has 0 unspecified atom stereocenters. The van der Waals surface area contributed by atoms with Crippen molar-refractivity contribution in [2.45, 2.75) is 20.3 Å². The third-order valence-electron chi connectivity index (χ3n) is 3.94. The van der Waals surface area contributed by atoms with Crippen molar-refractivity contribution < 1.29 is 0 Å². The number of piperazine rings is 1. The Morgan fingerprint density at radius 2 is 1.82 bits per heavy atom. The first-order valence-corrected chi connectivity index (χ1v) is 7.71. The lowest BCUT2D eigenvalue weighted by Gasteiger charge is -2.36. The summed E-state index contributed by atoms with van der Waals surface area (Å²) in [6.45, 7) is 7.92. The highest BCUT2D eigenvalue weighted by molar-refractivity contribution is 5.50. The molecule has 2 aromatic heterocycles. The quantitative estimate of drug-likeness (QED) is 0.929. The molecule has 0 bridgehead atoms. The van der Waals surface area contributed by atoms with Gasteiger partial charge in [0.1, 0.15) is 17.5 Å². The van der Waals surface area contributed by atoms with Crippen molar-refractivity contribution in [2.24, 2.45) is 0 Å². The van der Waals surface area contributed by atoms with Crippen LogP contribution < -0.4 is 15.5 Å².